The quantitative estimate of drug-likeness (QED) is 0.453. The van der Waals surface area contributed by atoms with Gasteiger partial charge in [-0.15, -0.1) is 0 Å². The lowest BCUT2D eigenvalue weighted by molar-refractivity contribution is 0.101. The van der Waals surface area contributed by atoms with Crippen LogP contribution in [-0.2, 0) is 0 Å². The first-order chi connectivity index (χ1) is 15.3. The third-order valence-corrected chi connectivity index (χ3v) is 3.91. The molecule has 0 aliphatic rings. The summed E-state index contributed by atoms with van der Waals surface area (Å²) in [7, 11) is 4.65. The van der Waals surface area contributed by atoms with Crippen LogP contribution in [0.25, 0.3) is 0 Å². The van der Waals surface area contributed by atoms with Crippen molar-refractivity contribution in [3.63, 3.8) is 0 Å². The lowest BCUT2D eigenvalue weighted by Gasteiger charge is -2.04. The maximum atomic E-state index is 10.8. The van der Waals surface area contributed by atoms with Crippen LogP contribution in [-0.4, -0.2) is 53.5 Å². The van der Waals surface area contributed by atoms with E-state index in [9.17, 15) is 9.59 Å². The van der Waals surface area contributed by atoms with Crippen molar-refractivity contribution < 1.29 is 28.9 Å². The number of nitrogens with zero attached hydrogens (tertiary/aromatic N) is 3. The highest BCUT2D eigenvalue weighted by atomic mass is 16.5. The second-order valence-electron chi connectivity index (χ2n) is 6.28. The highest BCUT2D eigenvalue weighted by Gasteiger charge is 2.01. The van der Waals surface area contributed by atoms with Gasteiger partial charge in [-0.1, -0.05) is 0 Å². The average Bonchev–Trinajstić information content (AvgIpc) is 2.84. The molecular formula is C23H27N3O6. The fourth-order valence-corrected chi connectivity index (χ4v) is 2.11. The van der Waals surface area contributed by atoms with Crippen LogP contribution >= 0.6 is 0 Å². The molecule has 1 unspecified atom stereocenters. The van der Waals surface area contributed by atoms with Gasteiger partial charge in [-0.25, -0.2) is 0 Å². The zero-order valence-electron chi connectivity index (χ0n) is 18.7. The molecule has 0 saturated carbocycles. The van der Waals surface area contributed by atoms with Crippen molar-refractivity contribution in [2.75, 3.05) is 21.3 Å². The average molecular weight is 441 g/mol. The summed E-state index contributed by atoms with van der Waals surface area (Å²) in [5.41, 5.74) is 1.87. The maximum absolute atomic E-state index is 10.8. The van der Waals surface area contributed by atoms with Crippen LogP contribution in [0, 0.1) is 0 Å². The molecule has 1 N–H and O–H groups in total. The van der Waals surface area contributed by atoms with E-state index >= 15 is 0 Å². The van der Waals surface area contributed by atoms with Gasteiger partial charge < -0.3 is 19.3 Å². The van der Waals surface area contributed by atoms with E-state index in [-0.39, 0.29) is 5.78 Å². The molecule has 0 saturated heterocycles. The van der Waals surface area contributed by atoms with Crippen LogP contribution in [0.3, 0.4) is 0 Å². The third-order valence-electron chi connectivity index (χ3n) is 3.91. The monoisotopic (exact) mass is 441 g/mol. The predicted octanol–water partition coefficient (Wildman–Crippen LogP) is 3.34. The molecule has 3 rings (SSSR count). The number of aliphatic hydroxyl groups is 1. The number of aromatic nitrogens is 3. The second-order valence-corrected chi connectivity index (χ2v) is 6.28. The molecule has 3 aromatic rings. The van der Waals surface area contributed by atoms with Crippen LogP contribution in [0.2, 0.25) is 0 Å². The summed E-state index contributed by atoms with van der Waals surface area (Å²) >= 11 is 0. The standard InChI is InChI=1S/C8H11NO2.C8H9NO2.C7H7NO2/c2*1-6(10)7-3-8(11-2)5-9-4-7;1-10-7-2-6(5-9)3-8-4-7/h3-6,10H,1-2H3;3-5H,1-2H3;2-5H,1H3. The molecule has 1 atom stereocenters. The Bertz CT molecular complexity index is 995. The van der Waals surface area contributed by atoms with Crippen LogP contribution < -0.4 is 14.2 Å². The number of aliphatic hydroxyl groups excluding tert-OH is 1. The molecule has 3 aromatic heterocycles. The van der Waals surface area contributed by atoms with Crippen LogP contribution in [0.4, 0.5) is 0 Å². The molecule has 0 radical (unpaired) electrons. The minimum atomic E-state index is -0.488. The van der Waals surface area contributed by atoms with E-state index in [4.69, 9.17) is 19.3 Å². The lowest BCUT2D eigenvalue weighted by Crippen LogP contribution is -1.94. The van der Waals surface area contributed by atoms with Crippen molar-refractivity contribution in [2.24, 2.45) is 0 Å². The van der Waals surface area contributed by atoms with Crippen LogP contribution in [0.15, 0.2) is 55.4 Å². The molecule has 3 heterocycles. The van der Waals surface area contributed by atoms with Gasteiger partial charge in [0.15, 0.2) is 12.1 Å². The van der Waals surface area contributed by atoms with E-state index in [2.05, 4.69) is 15.0 Å². The summed E-state index contributed by atoms with van der Waals surface area (Å²) in [6, 6.07) is 5.05. The Kier molecular flexibility index (Phi) is 11.6. The summed E-state index contributed by atoms with van der Waals surface area (Å²) in [4.78, 5) is 32.5. The highest BCUT2D eigenvalue weighted by Crippen LogP contribution is 2.16. The third kappa shape index (κ3) is 9.31. The van der Waals surface area contributed by atoms with Gasteiger partial charge >= 0.3 is 0 Å². The van der Waals surface area contributed by atoms with Gasteiger partial charge in [0.2, 0.25) is 0 Å². The van der Waals surface area contributed by atoms with Crippen molar-refractivity contribution in [3.8, 4) is 17.2 Å². The molecule has 0 amide bonds. The van der Waals surface area contributed by atoms with E-state index < -0.39 is 6.10 Å². The van der Waals surface area contributed by atoms with Gasteiger partial charge in [-0.2, -0.15) is 0 Å². The normalized spacial score (nSPS) is 10.3. The summed E-state index contributed by atoms with van der Waals surface area (Å²) in [6.07, 6.45) is 9.58. The van der Waals surface area contributed by atoms with Gasteiger partial charge in [-0.3, -0.25) is 24.5 Å². The minimum absolute atomic E-state index is 0.00333. The summed E-state index contributed by atoms with van der Waals surface area (Å²) in [5.74, 6) is 1.88. The number of hydrogen-bond acceptors (Lipinski definition) is 9. The lowest BCUT2D eigenvalue weighted by atomic mass is 10.2. The van der Waals surface area contributed by atoms with E-state index in [0.29, 0.717) is 28.4 Å². The molecule has 9 heteroatoms. The Labute approximate surface area is 187 Å². The van der Waals surface area contributed by atoms with Gasteiger partial charge in [0, 0.05) is 35.3 Å². The van der Waals surface area contributed by atoms with Crippen LogP contribution in [0.5, 0.6) is 17.2 Å². The number of ether oxygens (including phenoxy) is 3. The number of aldehydes is 1. The van der Waals surface area contributed by atoms with Crippen molar-refractivity contribution in [1.29, 1.82) is 0 Å². The van der Waals surface area contributed by atoms with Crippen molar-refractivity contribution in [1.82, 2.24) is 15.0 Å². The number of pyridine rings is 3. The SMILES string of the molecule is COc1cncc(C(C)=O)c1.COc1cncc(C(C)O)c1.COc1cncc(C=O)c1. The smallest absolute Gasteiger partial charge is 0.161 e. The van der Waals surface area contributed by atoms with E-state index in [0.717, 1.165) is 11.8 Å². The Morgan fingerprint density at radius 1 is 0.844 bits per heavy atom. The first kappa shape index (κ1) is 26.2. The number of methoxy groups -OCH3 is 3. The number of hydrogen-bond donors (Lipinski definition) is 1. The summed E-state index contributed by atoms with van der Waals surface area (Å²) in [5, 5.41) is 9.15. The first-order valence-corrected chi connectivity index (χ1v) is 9.45. The van der Waals surface area contributed by atoms with E-state index in [1.807, 2.05) is 0 Å². The molecule has 0 aromatic carbocycles. The Morgan fingerprint density at radius 2 is 1.34 bits per heavy atom. The molecule has 0 spiro atoms. The van der Waals surface area contributed by atoms with E-state index in [1.54, 1.807) is 64.1 Å². The molecule has 9 nitrogen and oxygen atoms in total. The van der Waals surface area contributed by atoms with Crippen LogP contribution in [0.1, 0.15) is 46.2 Å². The zero-order chi connectivity index (χ0) is 23.9. The summed E-state index contributed by atoms with van der Waals surface area (Å²) in [6.45, 7) is 3.19. The number of ketones is 1. The number of carbonyl (C=O) groups is 2. The van der Waals surface area contributed by atoms with Gasteiger partial charge in [0.05, 0.1) is 46.0 Å². The molecule has 170 valence electrons. The highest BCUT2D eigenvalue weighted by molar-refractivity contribution is 5.94. The van der Waals surface area contributed by atoms with Crippen molar-refractivity contribution in [3.05, 3.63) is 72.1 Å². The maximum Gasteiger partial charge on any atom is 0.161 e. The molecule has 32 heavy (non-hydrogen) atoms. The Balaban J connectivity index is 0.000000240. The number of rotatable bonds is 6. The fourth-order valence-electron chi connectivity index (χ4n) is 2.11. The first-order valence-electron chi connectivity index (χ1n) is 9.45. The second kappa shape index (κ2) is 14.2. The predicted molar refractivity (Wildman–Crippen MR) is 118 cm³/mol. The number of Topliss-reactive ketones (excluding diaryl/α,β-unsaturated/α-hetero) is 1. The van der Waals surface area contributed by atoms with E-state index in [1.165, 1.54) is 26.4 Å². The van der Waals surface area contributed by atoms with Gasteiger partial charge in [0.1, 0.15) is 17.2 Å². The topological polar surface area (TPSA) is 121 Å². The molecular weight excluding hydrogens is 414 g/mol. The van der Waals surface area contributed by atoms with Gasteiger partial charge in [0.25, 0.3) is 0 Å². The minimum Gasteiger partial charge on any atom is -0.495 e. The molecule has 0 aliphatic carbocycles. The molecule has 0 bridgehead atoms. The number of carbonyl (C=O) groups excluding carboxylic acids is 2. The molecule has 0 aliphatic heterocycles. The van der Waals surface area contributed by atoms with Gasteiger partial charge in [-0.05, 0) is 32.0 Å². The largest absolute Gasteiger partial charge is 0.495 e. The summed E-state index contributed by atoms with van der Waals surface area (Å²) < 4.78 is 14.7. The Hall–Kier alpha value is -3.85. The van der Waals surface area contributed by atoms with Crippen molar-refractivity contribution >= 4 is 12.1 Å². The zero-order valence-corrected chi connectivity index (χ0v) is 18.7. The van der Waals surface area contributed by atoms with Crippen molar-refractivity contribution in [2.45, 2.75) is 20.0 Å². The fraction of sp³-hybridized carbons (Fsp3) is 0.261. The molecule has 0 fully saturated rings. The Morgan fingerprint density at radius 3 is 1.84 bits per heavy atom.